The van der Waals surface area contributed by atoms with Crippen molar-refractivity contribution in [2.75, 3.05) is 13.7 Å². The number of methoxy groups -OCH3 is 1. The summed E-state index contributed by atoms with van der Waals surface area (Å²) in [5.74, 6) is -1.24. The lowest BCUT2D eigenvalue weighted by Gasteiger charge is -2.07. The third-order valence-electron chi connectivity index (χ3n) is 3.24. The lowest BCUT2D eigenvalue weighted by molar-refractivity contribution is 0.0595. The molecule has 0 fully saturated rings. The van der Waals surface area contributed by atoms with Gasteiger partial charge in [0.05, 0.1) is 12.7 Å². The number of carbonyl (C=O) groups is 1. The van der Waals surface area contributed by atoms with Gasteiger partial charge in [0.1, 0.15) is 5.82 Å². The molecule has 2 aromatic rings. The highest BCUT2D eigenvalue weighted by atomic mass is 35.5. The molecule has 0 unspecified atom stereocenters. The third-order valence-corrected chi connectivity index (χ3v) is 3.24. The van der Waals surface area contributed by atoms with Crippen molar-refractivity contribution in [1.29, 1.82) is 0 Å². The molecule has 0 saturated carbocycles. The summed E-state index contributed by atoms with van der Waals surface area (Å²) in [6, 6.07) is 12.4. The highest BCUT2D eigenvalue weighted by Gasteiger charge is 2.12. The molecule has 0 aromatic heterocycles. The first-order chi connectivity index (χ1) is 10.2. The molecule has 0 spiro atoms. The van der Waals surface area contributed by atoms with Crippen LogP contribution in [0.5, 0.6) is 0 Å². The molecule has 0 bridgehead atoms. The van der Waals surface area contributed by atoms with Crippen LogP contribution in [0.2, 0.25) is 0 Å². The van der Waals surface area contributed by atoms with Crippen LogP contribution in [0.3, 0.4) is 0 Å². The van der Waals surface area contributed by atoms with Crippen molar-refractivity contribution in [2.45, 2.75) is 13.5 Å². The van der Waals surface area contributed by atoms with Crippen molar-refractivity contribution in [3.8, 4) is 11.1 Å². The predicted molar refractivity (Wildman–Crippen MR) is 87.8 cm³/mol. The lowest BCUT2D eigenvalue weighted by atomic mass is 10.0. The molecule has 2 rings (SSSR count). The van der Waals surface area contributed by atoms with Crippen LogP contribution in [0.25, 0.3) is 11.1 Å². The molecule has 0 heterocycles. The molecule has 22 heavy (non-hydrogen) atoms. The number of esters is 1. The van der Waals surface area contributed by atoms with Gasteiger partial charge < -0.3 is 10.1 Å². The number of benzene rings is 2. The van der Waals surface area contributed by atoms with Gasteiger partial charge in [-0.15, -0.1) is 12.4 Å². The summed E-state index contributed by atoms with van der Waals surface area (Å²) in [4.78, 5) is 11.4. The summed E-state index contributed by atoms with van der Waals surface area (Å²) in [5.41, 5.74) is 2.76. The van der Waals surface area contributed by atoms with Gasteiger partial charge in [-0.05, 0) is 35.4 Å². The van der Waals surface area contributed by atoms with E-state index in [1.54, 1.807) is 6.07 Å². The zero-order chi connectivity index (χ0) is 15.2. The van der Waals surface area contributed by atoms with Crippen LogP contribution in [0.1, 0.15) is 22.8 Å². The Labute approximate surface area is 135 Å². The Morgan fingerprint density at radius 1 is 1.14 bits per heavy atom. The van der Waals surface area contributed by atoms with Gasteiger partial charge in [-0.1, -0.05) is 37.3 Å². The second-order valence-corrected chi connectivity index (χ2v) is 4.66. The molecule has 5 heteroatoms. The summed E-state index contributed by atoms with van der Waals surface area (Å²) >= 11 is 0. The highest BCUT2D eigenvalue weighted by molar-refractivity contribution is 5.90. The number of hydrogen-bond acceptors (Lipinski definition) is 3. The number of rotatable bonds is 5. The monoisotopic (exact) mass is 323 g/mol. The first-order valence-corrected chi connectivity index (χ1v) is 6.83. The zero-order valence-electron chi connectivity index (χ0n) is 12.6. The second-order valence-electron chi connectivity index (χ2n) is 4.66. The molecular weight excluding hydrogens is 305 g/mol. The molecule has 2 aromatic carbocycles. The molecule has 118 valence electrons. The normalized spacial score (nSPS) is 9.95. The minimum atomic E-state index is -0.667. The molecule has 0 aliphatic carbocycles. The van der Waals surface area contributed by atoms with Gasteiger partial charge in [-0.3, -0.25) is 0 Å². The van der Waals surface area contributed by atoms with Gasteiger partial charge in [-0.25, -0.2) is 9.18 Å². The van der Waals surface area contributed by atoms with Crippen LogP contribution in [-0.2, 0) is 11.3 Å². The Morgan fingerprint density at radius 2 is 1.77 bits per heavy atom. The van der Waals surface area contributed by atoms with E-state index in [0.717, 1.165) is 24.2 Å². The first kappa shape index (κ1) is 18.1. The minimum Gasteiger partial charge on any atom is -0.465 e. The van der Waals surface area contributed by atoms with E-state index in [1.165, 1.54) is 24.8 Å². The Morgan fingerprint density at radius 3 is 2.32 bits per heavy atom. The van der Waals surface area contributed by atoms with Gasteiger partial charge in [0.15, 0.2) is 0 Å². The maximum absolute atomic E-state index is 13.9. The van der Waals surface area contributed by atoms with E-state index in [0.29, 0.717) is 0 Å². The van der Waals surface area contributed by atoms with E-state index < -0.39 is 11.8 Å². The van der Waals surface area contributed by atoms with E-state index in [4.69, 9.17) is 0 Å². The first-order valence-electron chi connectivity index (χ1n) is 6.83. The van der Waals surface area contributed by atoms with Gasteiger partial charge in [0, 0.05) is 6.54 Å². The fourth-order valence-corrected chi connectivity index (χ4v) is 2.05. The van der Waals surface area contributed by atoms with Crippen LogP contribution < -0.4 is 5.32 Å². The largest absolute Gasteiger partial charge is 0.465 e. The smallest absolute Gasteiger partial charge is 0.340 e. The van der Waals surface area contributed by atoms with Gasteiger partial charge >= 0.3 is 5.97 Å². The number of nitrogens with one attached hydrogen (secondary N) is 1. The van der Waals surface area contributed by atoms with Crippen molar-refractivity contribution in [1.82, 2.24) is 5.32 Å². The number of carbonyl (C=O) groups excluding carboxylic acids is 1. The second kappa shape index (κ2) is 8.51. The zero-order valence-corrected chi connectivity index (χ0v) is 13.4. The Kier molecular flexibility index (Phi) is 7.02. The third kappa shape index (κ3) is 4.29. The van der Waals surface area contributed by atoms with Crippen molar-refractivity contribution < 1.29 is 13.9 Å². The molecular formula is C17H19ClFNO2. The standard InChI is InChI=1S/C17H18FNO2.ClH/c1-3-19-11-12-4-6-13(7-5-12)14-8-9-15(16(18)10-14)17(20)21-2;/h4-10,19H,3,11H2,1-2H3;1H. The van der Waals surface area contributed by atoms with Crippen molar-refractivity contribution in [3.05, 3.63) is 59.4 Å². The van der Waals surface area contributed by atoms with E-state index in [-0.39, 0.29) is 18.0 Å². The molecule has 3 nitrogen and oxygen atoms in total. The molecule has 0 aliphatic heterocycles. The molecule has 0 atom stereocenters. The molecule has 1 N–H and O–H groups in total. The quantitative estimate of drug-likeness (QED) is 0.850. The number of ether oxygens (including phenoxy) is 1. The molecule has 0 aliphatic rings. The molecule has 0 saturated heterocycles. The van der Waals surface area contributed by atoms with Crippen LogP contribution in [0.4, 0.5) is 4.39 Å². The van der Waals surface area contributed by atoms with E-state index in [1.807, 2.05) is 24.3 Å². The SMILES string of the molecule is CCNCc1ccc(-c2ccc(C(=O)OC)c(F)c2)cc1.Cl. The summed E-state index contributed by atoms with van der Waals surface area (Å²) < 4.78 is 18.4. The highest BCUT2D eigenvalue weighted by Crippen LogP contribution is 2.23. The summed E-state index contributed by atoms with van der Waals surface area (Å²) in [7, 11) is 1.23. The average molecular weight is 324 g/mol. The topological polar surface area (TPSA) is 38.3 Å². The Hall–Kier alpha value is -1.91. The maximum Gasteiger partial charge on any atom is 0.340 e. The predicted octanol–water partition coefficient (Wildman–Crippen LogP) is 3.81. The van der Waals surface area contributed by atoms with Crippen LogP contribution in [-0.4, -0.2) is 19.6 Å². The molecule has 0 radical (unpaired) electrons. The Bertz CT molecular complexity index is 629. The van der Waals surface area contributed by atoms with E-state index in [2.05, 4.69) is 17.0 Å². The maximum atomic E-state index is 13.9. The minimum absolute atomic E-state index is 0. The number of hydrogen-bond donors (Lipinski definition) is 1. The van der Waals surface area contributed by atoms with Crippen molar-refractivity contribution >= 4 is 18.4 Å². The number of halogens is 2. The van der Waals surface area contributed by atoms with Gasteiger partial charge in [0.2, 0.25) is 0 Å². The fraction of sp³-hybridized carbons (Fsp3) is 0.235. The Balaban J connectivity index is 0.00000242. The molecule has 0 amide bonds. The van der Waals surface area contributed by atoms with Crippen molar-refractivity contribution in [3.63, 3.8) is 0 Å². The van der Waals surface area contributed by atoms with Gasteiger partial charge in [-0.2, -0.15) is 0 Å². The van der Waals surface area contributed by atoms with Crippen molar-refractivity contribution in [2.24, 2.45) is 0 Å². The van der Waals surface area contributed by atoms with E-state index >= 15 is 0 Å². The summed E-state index contributed by atoms with van der Waals surface area (Å²) in [6.45, 7) is 3.79. The lowest BCUT2D eigenvalue weighted by Crippen LogP contribution is -2.11. The summed E-state index contributed by atoms with van der Waals surface area (Å²) in [6.07, 6.45) is 0. The van der Waals surface area contributed by atoms with E-state index in [9.17, 15) is 9.18 Å². The van der Waals surface area contributed by atoms with Crippen LogP contribution >= 0.6 is 12.4 Å². The van der Waals surface area contributed by atoms with Gasteiger partial charge in [0.25, 0.3) is 0 Å². The fourth-order valence-electron chi connectivity index (χ4n) is 2.05. The average Bonchev–Trinajstić information content (AvgIpc) is 2.52. The van der Waals surface area contributed by atoms with Crippen LogP contribution in [0, 0.1) is 5.82 Å². The van der Waals surface area contributed by atoms with Crippen LogP contribution in [0.15, 0.2) is 42.5 Å². The summed E-state index contributed by atoms with van der Waals surface area (Å²) in [5, 5.41) is 3.25.